The van der Waals surface area contributed by atoms with Gasteiger partial charge in [-0.05, 0) is 12.1 Å². The summed E-state index contributed by atoms with van der Waals surface area (Å²) in [6.45, 7) is -0.0336. The second kappa shape index (κ2) is 6.47. The summed E-state index contributed by atoms with van der Waals surface area (Å²) in [6, 6.07) is 9.83. The molecule has 1 aromatic carbocycles. The number of anilines is 1. The van der Waals surface area contributed by atoms with E-state index in [0.29, 0.717) is 11.3 Å². The Balaban J connectivity index is 2.41. The first kappa shape index (κ1) is 14.4. The molecule has 0 aliphatic rings. The zero-order valence-electron chi connectivity index (χ0n) is 11.3. The van der Waals surface area contributed by atoms with E-state index >= 15 is 0 Å². The van der Waals surface area contributed by atoms with Gasteiger partial charge < -0.3 is 10.1 Å². The van der Waals surface area contributed by atoms with Crippen LogP contribution in [0.5, 0.6) is 0 Å². The smallest absolute Gasteiger partial charge is 0.325 e. The quantitative estimate of drug-likeness (QED) is 0.515. The van der Waals surface area contributed by atoms with Crippen LogP contribution < -0.4 is 5.32 Å². The first-order valence-electron chi connectivity index (χ1n) is 6.13. The van der Waals surface area contributed by atoms with Gasteiger partial charge in [-0.3, -0.25) is 14.9 Å². The Morgan fingerprint density at radius 2 is 2.10 bits per heavy atom. The van der Waals surface area contributed by atoms with Crippen molar-refractivity contribution in [1.29, 1.82) is 0 Å². The minimum Gasteiger partial charge on any atom is -0.468 e. The number of carbonyl (C=O) groups is 1. The van der Waals surface area contributed by atoms with Crippen LogP contribution in [0.4, 0.5) is 11.4 Å². The van der Waals surface area contributed by atoms with Crippen LogP contribution in [-0.2, 0) is 9.53 Å². The second-order valence-electron chi connectivity index (χ2n) is 4.10. The molecule has 7 nitrogen and oxygen atoms in total. The number of nitrogens with one attached hydrogen (secondary N) is 1. The molecule has 2 aromatic rings. The van der Waals surface area contributed by atoms with Crippen LogP contribution in [0.15, 0.2) is 42.6 Å². The van der Waals surface area contributed by atoms with Gasteiger partial charge in [-0.25, -0.2) is 4.98 Å². The number of benzene rings is 1. The summed E-state index contributed by atoms with van der Waals surface area (Å²) in [5.41, 5.74) is 1.28. The van der Waals surface area contributed by atoms with Crippen molar-refractivity contribution in [3.05, 3.63) is 52.7 Å². The van der Waals surface area contributed by atoms with Crippen LogP contribution in [-0.4, -0.2) is 29.5 Å². The van der Waals surface area contributed by atoms with E-state index in [1.807, 2.05) is 0 Å². The third-order valence-corrected chi connectivity index (χ3v) is 2.82. The van der Waals surface area contributed by atoms with Crippen molar-refractivity contribution < 1.29 is 14.5 Å². The first-order chi connectivity index (χ1) is 10.1. The Bertz CT molecular complexity index is 673. The summed E-state index contributed by atoms with van der Waals surface area (Å²) in [5.74, 6) is -0.430. The zero-order valence-corrected chi connectivity index (χ0v) is 11.3. The molecule has 0 amide bonds. The summed E-state index contributed by atoms with van der Waals surface area (Å²) >= 11 is 0. The second-order valence-corrected chi connectivity index (χ2v) is 4.10. The van der Waals surface area contributed by atoms with Gasteiger partial charge in [-0.2, -0.15) is 0 Å². The van der Waals surface area contributed by atoms with Gasteiger partial charge in [0.15, 0.2) is 0 Å². The van der Waals surface area contributed by atoms with E-state index in [9.17, 15) is 14.9 Å². The van der Waals surface area contributed by atoms with Crippen molar-refractivity contribution in [3.63, 3.8) is 0 Å². The Kier molecular flexibility index (Phi) is 4.45. The first-order valence-corrected chi connectivity index (χ1v) is 6.13. The number of esters is 1. The molecule has 0 aliphatic carbocycles. The van der Waals surface area contributed by atoms with Crippen molar-refractivity contribution in [2.75, 3.05) is 19.0 Å². The highest BCUT2D eigenvalue weighted by molar-refractivity contribution is 5.83. The van der Waals surface area contributed by atoms with Crippen molar-refractivity contribution >= 4 is 17.3 Å². The standard InChI is InChI=1S/C14H13N3O4/c1-21-13(18)9-16-11-6-3-2-5-10(11)14-12(17(19)20)7-4-8-15-14/h2-8,16H,9H2,1H3. The lowest BCUT2D eigenvalue weighted by Gasteiger charge is -2.10. The fourth-order valence-electron chi connectivity index (χ4n) is 1.83. The van der Waals surface area contributed by atoms with Crippen LogP contribution in [0.1, 0.15) is 0 Å². The number of rotatable bonds is 5. The molecule has 0 radical (unpaired) electrons. The monoisotopic (exact) mass is 287 g/mol. The molecule has 0 saturated carbocycles. The van der Waals surface area contributed by atoms with Crippen molar-refractivity contribution in [3.8, 4) is 11.3 Å². The average molecular weight is 287 g/mol. The third-order valence-electron chi connectivity index (χ3n) is 2.82. The fraction of sp³-hybridized carbons (Fsp3) is 0.143. The molecule has 21 heavy (non-hydrogen) atoms. The van der Waals surface area contributed by atoms with E-state index in [2.05, 4.69) is 15.0 Å². The highest BCUT2D eigenvalue weighted by Crippen LogP contribution is 2.32. The Hall–Kier alpha value is -2.96. The van der Waals surface area contributed by atoms with Crippen molar-refractivity contribution in [1.82, 2.24) is 4.98 Å². The van der Waals surface area contributed by atoms with E-state index in [0.717, 1.165) is 0 Å². The molecule has 1 N–H and O–H groups in total. The van der Waals surface area contributed by atoms with Crippen LogP contribution in [0, 0.1) is 10.1 Å². The van der Waals surface area contributed by atoms with Gasteiger partial charge >= 0.3 is 5.97 Å². The number of nitro groups is 1. The maximum absolute atomic E-state index is 11.2. The number of hydrogen-bond acceptors (Lipinski definition) is 6. The van der Waals surface area contributed by atoms with Gasteiger partial charge in [0, 0.05) is 23.5 Å². The molecule has 1 aromatic heterocycles. The molecule has 1 heterocycles. The predicted molar refractivity (Wildman–Crippen MR) is 76.8 cm³/mol. The molecule has 0 fully saturated rings. The molecule has 7 heteroatoms. The summed E-state index contributed by atoms with van der Waals surface area (Å²) in [7, 11) is 1.29. The lowest BCUT2D eigenvalue weighted by atomic mass is 10.1. The van der Waals surface area contributed by atoms with E-state index in [1.54, 1.807) is 24.3 Å². The normalized spacial score (nSPS) is 9.95. The minimum atomic E-state index is -0.487. The number of para-hydroxylation sites is 1. The van der Waals surface area contributed by atoms with E-state index in [-0.39, 0.29) is 17.9 Å². The third kappa shape index (κ3) is 3.33. The van der Waals surface area contributed by atoms with Gasteiger partial charge in [-0.1, -0.05) is 18.2 Å². The molecule has 2 rings (SSSR count). The molecule has 0 bridgehead atoms. The maximum Gasteiger partial charge on any atom is 0.325 e. The average Bonchev–Trinajstić information content (AvgIpc) is 2.52. The highest BCUT2D eigenvalue weighted by atomic mass is 16.6. The molecule has 0 spiro atoms. The summed E-state index contributed by atoms with van der Waals surface area (Å²) in [6.07, 6.45) is 1.49. The SMILES string of the molecule is COC(=O)CNc1ccccc1-c1ncccc1[N+](=O)[O-]. The number of carbonyl (C=O) groups excluding carboxylic acids is 1. The number of pyridine rings is 1. The molecule has 0 atom stereocenters. The Labute approximate surface area is 120 Å². The largest absolute Gasteiger partial charge is 0.468 e. The number of hydrogen-bond donors (Lipinski definition) is 1. The summed E-state index contributed by atoms with van der Waals surface area (Å²) in [4.78, 5) is 25.9. The van der Waals surface area contributed by atoms with Crippen LogP contribution in [0.25, 0.3) is 11.3 Å². The lowest BCUT2D eigenvalue weighted by Crippen LogP contribution is -2.15. The van der Waals surface area contributed by atoms with Crippen molar-refractivity contribution in [2.24, 2.45) is 0 Å². The molecule has 0 unspecified atom stereocenters. The number of methoxy groups -OCH3 is 1. The maximum atomic E-state index is 11.2. The van der Waals surface area contributed by atoms with E-state index in [1.165, 1.54) is 25.4 Å². The summed E-state index contributed by atoms with van der Waals surface area (Å²) < 4.78 is 4.55. The molecular weight excluding hydrogens is 274 g/mol. The minimum absolute atomic E-state index is 0.0336. The Morgan fingerprint density at radius 3 is 2.81 bits per heavy atom. The zero-order chi connectivity index (χ0) is 15.2. The van der Waals surface area contributed by atoms with Crippen molar-refractivity contribution in [2.45, 2.75) is 0 Å². The predicted octanol–water partition coefficient (Wildman–Crippen LogP) is 2.24. The topological polar surface area (TPSA) is 94.4 Å². The van der Waals surface area contributed by atoms with Gasteiger partial charge in [0.2, 0.25) is 0 Å². The number of aromatic nitrogens is 1. The molecule has 108 valence electrons. The van der Waals surface area contributed by atoms with Gasteiger partial charge in [0.25, 0.3) is 5.69 Å². The van der Waals surface area contributed by atoms with Crippen LogP contribution in [0.3, 0.4) is 0 Å². The summed E-state index contributed by atoms with van der Waals surface area (Å²) in [5, 5.41) is 14.0. The molecule has 0 saturated heterocycles. The van der Waals surface area contributed by atoms with E-state index in [4.69, 9.17) is 0 Å². The van der Waals surface area contributed by atoms with Gasteiger partial charge in [-0.15, -0.1) is 0 Å². The van der Waals surface area contributed by atoms with Gasteiger partial charge in [0.05, 0.1) is 12.0 Å². The molecule has 0 aliphatic heterocycles. The number of nitrogens with zero attached hydrogens (tertiary/aromatic N) is 2. The fourth-order valence-corrected chi connectivity index (χ4v) is 1.83. The Morgan fingerprint density at radius 1 is 1.33 bits per heavy atom. The highest BCUT2D eigenvalue weighted by Gasteiger charge is 2.18. The number of ether oxygens (including phenoxy) is 1. The van der Waals surface area contributed by atoms with Crippen LogP contribution in [0.2, 0.25) is 0 Å². The van der Waals surface area contributed by atoms with E-state index < -0.39 is 10.9 Å². The van der Waals surface area contributed by atoms with Gasteiger partial charge in [0.1, 0.15) is 12.2 Å². The lowest BCUT2D eigenvalue weighted by molar-refractivity contribution is -0.384. The van der Waals surface area contributed by atoms with Crippen LogP contribution >= 0.6 is 0 Å². The molecular formula is C14H13N3O4.